The summed E-state index contributed by atoms with van der Waals surface area (Å²) in [6, 6.07) is 7.88. The molecule has 0 saturated carbocycles. The second-order valence-electron chi connectivity index (χ2n) is 4.99. The number of carbonyl (C=O) groups is 1. The summed E-state index contributed by atoms with van der Waals surface area (Å²) in [7, 11) is 0. The van der Waals surface area contributed by atoms with Gasteiger partial charge in [0.25, 0.3) is 17.3 Å². The van der Waals surface area contributed by atoms with Crippen molar-refractivity contribution < 1.29 is 24.1 Å². The zero-order valence-corrected chi connectivity index (χ0v) is 12.9. The molecule has 3 rings (SSSR count). The molecule has 1 amide bonds. The molecule has 0 saturated heterocycles. The molecule has 0 fully saturated rings. The number of hydrogen-bond donors (Lipinski definition) is 1. The molecule has 1 aliphatic rings. The second kappa shape index (κ2) is 6.84. The van der Waals surface area contributed by atoms with E-state index in [9.17, 15) is 25.0 Å². The molecule has 0 unspecified atom stereocenters. The summed E-state index contributed by atoms with van der Waals surface area (Å²) in [6.45, 7) is -0.0541. The van der Waals surface area contributed by atoms with Crippen molar-refractivity contribution in [1.29, 1.82) is 0 Å². The molecule has 0 atom stereocenters. The monoisotopic (exact) mass is 358 g/mol. The first kappa shape index (κ1) is 16.8. The third-order valence-electron chi connectivity index (χ3n) is 3.43. The van der Waals surface area contributed by atoms with Gasteiger partial charge in [-0.05, 0) is 12.1 Å². The van der Waals surface area contributed by atoms with Gasteiger partial charge in [0, 0.05) is 6.07 Å². The van der Waals surface area contributed by atoms with Crippen LogP contribution in [0.4, 0.5) is 11.4 Å². The van der Waals surface area contributed by atoms with E-state index >= 15 is 0 Å². The van der Waals surface area contributed by atoms with Crippen molar-refractivity contribution in [2.75, 3.05) is 6.79 Å². The first-order valence-corrected chi connectivity index (χ1v) is 7.12. The number of carbonyl (C=O) groups excluding carboxylic acids is 1. The van der Waals surface area contributed by atoms with Gasteiger partial charge in [0.2, 0.25) is 6.79 Å². The Morgan fingerprint density at radius 2 is 1.73 bits per heavy atom. The molecule has 1 heterocycles. The van der Waals surface area contributed by atoms with Crippen LogP contribution in [0.1, 0.15) is 15.9 Å². The van der Waals surface area contributed by atoms with Gasteiger partial charge in [-0.15, -0.1) is 0 Å². The third-order valence-corrected chi connectivity index (χ3v) is 3.43. The standard InChI is InChI=1S/C15H10N4O7/c20-15(10-3-1-2-4-11(10)18(21)22)17-16-7-9-5-13-14(26-8-25-13)6-12(9)19(23)24/h1-7H,8H2,(H,17,20)/b16-7-. The number of nitrogens with zero attached hydrogens (tertiary/aromatic N) is 3. The quantitative estimate of drug-likeness (QED) is 0.488. The van der Waals surface area contributed by atoms with E-state index in [2.05, 4.69) is 10.5 Å². The summed E-state index contributed by atoms with van der Waals surface area (Å²) < 4.78 is 10.2. The summed E-state index contributed by atoms with van der Waals surface area (Å²) in [5.41, 5.74) is 1.32. The maximum Gasteiger partial charge on any atom is 0.282 e. The van der Waals surface area contributed by atoms with Crippen LogP contribution in [0, 0.1) is 20.2 Å². The van der Waals surface area contributed by atoms with Gasteiger partial charge in [0.05, 0.1) is 27.7 Å². The summed E-state index contributed by atoms with van der Waals surface area (Å²) in [6.07, 6.45) is 1.05. The molecule has 2 aromatic carbocycles. The van der Waals surface area contributed by atoms with Crippen LogP contribution in [-0.2, 0) is 0 Å². The van der Waals surface area contributed by atoms with Crippen molar-refractivity contribution >= 4 is 23.5 Å². The second-order valence-corrected chi connectivity index (χ2v) is 4.99. The van der Waals surface area contributed by atoms with Crippen LogP contribution in [-0.4, -0.2) is 28.8 Å². The van der Waals surface area contributed by atoms with Crippen molar-refractivity contribution in [2.24, 2.45) is 5.10 Å². The normalized spacial score (nSPS) is 12.2. The van der Waals surface area contributed by atoms with Crippen LogP contribution in [0.5, 0.6) is 11.5 Å². The molecule has 0 bridgehead atoms. The minimum atomic E-state index is -0.822. The molecular formula is C15H10N4O7. The van der Waals surface area contributed by atoms with Crippen LogP contribution >= 0.6 is 0 Å². The van der Waals surface area contributed by atoms with Crippen molar-refractivity contribution in [2.45, 2.75) is 0 Å². The van der Waals surface area contributed by atoms with Crippen molar-refractivity contribution in [3.63, 3.8) is 0 Å². The maximum absolute atomic E-state index is 12.1. The number of rotatable bonds is 5. The predicted molar refractivity (Wildman–Crippen MR) is 87.4 cm³/mol. The van der Waals surface area contributed by atoms with E-state index in [1.165, 1.54) is 36.4 Å². The van der Waals surface area contributed by atoms with Crippen LogP contribution in [0.2, 0.25) is 0 Å². The van der Waals surface area contributed by atoms with Gasteiger partial charge in [0.1, 0.15) is 5.56 Å². The number of fused-ring (bicyclic) bond motifs is 1. The fourth-order valence-electron chi connectivity index (χ4n) is 2.25. The predicted octanol–water partition coefficient (Wildman–Crippen LogP) is 2.00. The molecule has 132 valence electrons. The molecule has 11 nitrogen and oxygen atoms in total. The van der Waals surface area contributed by atoms with Gasteiger partial charge < -0.3 is 9.47 Å². The van der Waals surface area contributed by atoms with Gasteiger partial charge in [0.15, 0.2) is 11.5 Å². The molecule has 1 N–H and O–H groups in total. The highest BCUT2D eigenvalue weighted by molar-refractivity contribution is 5.98. The van der Waals surface area contributed by atoms with E-state index in [1.54, 1.807) is 0 Å². The molecule has 0 aromatic heterocycles. The average Bonchev–Trinajstić information content (AvgIpc) is 3.08. The van der Waals surface area contributed by atoms with Crippen LogP contribution in [0.25, 0.3) is 0 Å². The number of amides is 1. The number of hydrogen-bond acceptors (Lipinski definition) is 8. The zero-order chi connectivity index (χ0) is 18.7. The van der Waals surface area contributed by atoms with E-state index in [1.807, 2.05) is 0 Å². The molecule has 0 aliphatic carbocycles. The van der Waals surface area contributed by atoms with Gasteiger partial charge in [-0.25, -0.2) is 5.43 Å². The number of ether oxygens (including phenoxy) is 2. The Labute approximate surface area is 145 Å². The zero-order valence-electron chi connectivity index (χ0n) is 12.9. The van der Waals surface area contributed by atoms with E-state index in [0.29, 0.717) is 5.75 Å². The summed E-state index contributed by atoms with van der Waals surface area (Å²) in [5.74, 6) is -0.281. The van der Waals surface area contributed by atoms with E-state index in [-0.39, 0.29) is 35.0 Å². The average molecular weight is 358 g/mol. The summed E-state index contributed by atoms with van der Waals surface area (Å²) in [4.78, 5) is 32.8. The van der Waals surface area contributed by atoms with Crippen LogP contribution < -0.4 is 14.9 Å². The van der Waals surface area contributed by atoms with Gasteiger partial charge in [-0.1, -0.05) is 12.1 Å². The summed E-state index contributed by atoms with van der Waals surface area (Å²) in [5, 5.41) is 25.7. The van der Waals surface area contributed by atoms with E-state index in [0.717, 1.165) is 6.21 Å². The third kappa shape index (κ3) is 3.26. The largest absolute Gasteiger partial charge is 0.454 e. The highest BCUT2D eigenvalue weighted by Crippen LogP contribution is 2.37. The fraction of sp³-hybridized carbons (Fsp3) is 0.0667. The molecule has 26 heavy (non-hydrogen) atoms. The lowest BCUT2D eigenvalue weighted by Gasteiger charge is -2.02. The molecule has 1 aliphatic heterocycles. The van der Waals surface area contributed by atoms with Crippen molar-refractivity contribution in [3.05, 3.63) is 67.8 Å². The number of nitro benzene ring substituents is 2. The fourth-order valence-corrected chi connectivity index (χ4v) is 2.25. The highest BCUT2D eigenvalue weighted by Gasteiger charge is 2.23. The molecular weight excluding hydrogens is 348 g/mol. The molecule has 11 heteroatoms. The SMILES string of the molecule is O=C(N/N=C\c1cc2c(cc1[N+](=O)[O-])OCO2)c1ccccc1[N+](=O)[O-]. The highest BCUT2D eigenvalue weighted by atomic mass is 16.7. The Hall–Kier alpha value is -4.02. The lowest BCUT2D eigenvalue weighted by molar-refractivity contribution is -0.385. The minimum absolute atomic E-state index is 0.0541. The minimum Gasteiger partial charge on any atom is -0.454 e. The Kier molecular flexibility index (Phi) is 4.43. The number of hydrazone groups is 1. The Morgan fingerprint density at radius 1 is 1.08 bits per heavy atom. The Morgan fingerprint density at radius 3 is 2.42 bits per heavy atom. The Balaban J connectivity index is 1.82. The van der Waals surface area contributed by atoms with E-state index in [4.69, 9.17) is 9.47 Å². The number of nitro groups is 2. The number of para-hydroxylation sites is 1. The summed E-state index contributed by atoms with van der Waals surface area (Å²) >= 11 is 0. The number of nitrogens with one attached hydrogen (secondary N) is 1. The molecule has 0 radical (unpaired) electrons. The Bertz CT molecular complexity index is 942. The first-order valence-electron chi connectivity index (χ1n) is 7.12. The van der Waals surface area contributed by atoms with Crippen molar-refractivity contribution in [3.8, 4) is 11.5 Å². The molecule has 2 aromatic rings. The topological polar surface area (TPSA) is 146 Å². The molecule has 0 spiro atoms. The van der Waals surface area contributed by atoms with Gasteiger partial charge >= 0.3 is 0 Å². The van der Waals surface area contributed by atoms with Gasteiger partial charge in [-0.3, -0.25) is 25.0 Å². The number of benzene rings is 2. The lowest BCUT2D eigenvalue weighted by atomic mass is 10.1. The smallest absolute Gasteiger partial charge is 0.282 e. The lowest BCUT2D eigenvalue weighted by Crippen LogP contribution is -2.19. The van der Waals surface area contributed by atoms with Crippen molar-refractivity contribution in [1.82, 2.24) is 5.43 Å². The van der Waals surface area contributed by atoms with Crippen LogP contribution in [0.15, 0.2) is 41.5 Å². The van der Waals surface area contributed by atoms with E-state index < -0.39 is 15.8 Å². The van der Waals surface area contributed by atoms with Gasteiger partial charge in [-0.2, -0.15) is 5.10 Å². The maximum atomic E-state index is 12.1. The first-order chi connectivity index (χ1) is 12.5. The van der Waals surface area contributed by atoms with Crippen LogP contribution in [0.3, 0.4) is 0 Å².